The van der Waals surface area contributed by atoms with Gasteiger partial charge < -0.3 is 10.1 Å². The zero-order valence-corrected chi connectivity index (χ0v) is 18.7. The van der Waals surface area contributed by atoms with E-state index < -0.39 is 6.10 Å². The van der Waals surface area contributed by atoms with Crippen molar-refractivity contribution in [1.82, 2.24) is 25.2 Å². The standard InChI is InChI=1S/C26H26FN5O2/c27-21-10-3-2-9-20(21)25-17-31(16-19-8-1-6-13-24(19)34-25)18-26(33)28-14-7-15-32-23-12-5-4-11-22(23)29-30-32/h1-6,8-13,25H,7,14-18H2,(H,28,33)/t25-/m1/s1. The highest BCUT2D eigenvalue weighted by molar-refractivity contribution is 5.78. The number of carbonyl (C=O) groups is 1. The molecule has 0 radical (unpaired) electrons. The van der Waals surface area contributed by atoms with Gasteiger partial charge in [-0.05, 0) is 30.7 Å². The Hall–Kier alpha value is -3.78. The van der Waals surface area contributed by atoms with E-state index in [4.69, 9.17) is 4.74 Å². The van der Waals surface area contributed by atoms with Crippen LogP contribution in [-0.2, 0) is 17.9 Å². The number of aromatic nitrogens is 3. The van der Waals surface area contributed by atoms with Crippen LogP contribution in [0.3, 0.4) is 0 Å². The summed E-state index contributed by atoms with van der Waals surface area (Å²) in [6, 6.07) is 22.2. The first-order valence-corrected chi connectivity index (χ1v) is 11.4. The summed E-state index contributed by atoms with van der Waals surface area (Å²) in [7, 11) is 0. The molecule has 3 aromatic carbocycles. The summed E-state index contributed by atoms with van der Waals surface area (Å²) in [4.78, 5) is 14.7. The predicted octanol–water partition coefficient (Wildman–Crippen LogP) is 3.71. The van der Waals surface area contributed by atoms with Crippen molar-refractivity contribution in [3.05, 3.63) is 89.7 Å². The number of amides is 1. The van der Waals surface area contributed by atoms with Crippen molar-refractivity contribution in [3.8, 4) is 5.75 Å². The minimum Gasteiger partial charge on any atom is -0.484 e. The molecule has 0 unspecified atom stereocenters. The lowest BCUT2D eigenvalue weighted by atomic mass is 10.1. The molecule has 2 heterocycles. The Kier molecular flexibility index (Phi) is 6.49. The largest absolute Gasteiger partial charge is 0.484 e. The van der Waals surface area contributed by atoms with Gasteiger partial charge >= 0.3 is 0 Å². The first-order valence-electron chi connectivity index (χ1n) is 11.4. The molecule has 0 aliphatic carbocycles. The molecule has 0 spiro atoms. The lowest BCUT2D eigenvalue weighted by Crippen LogP contribution is -2.39. The monoisotopic (exact) mass is 459 g/mol. The summed E-state index contributed by atoms with van der Waals surface area (Å²) in [5.41, 5.74) is 3.31. The van der Waals surface area contributed by atoms with Gasteiger partial charge in [0.1, 0.15) is 23.2 Å². The maximum atomic E-state index is 14.5. The molecule has 1 aliphatic heterocycles. The van der Waals surface area contributed by atoms with Gasteiger partial charge in [0, 0.05) is 37.3 Å². The highest BCUT2D eigenvalue weighted by Gasteiger charge is 2.27. The minimum absolute atomic E-state index is 0.0740. The smallest absolute Gasteiger partial charge is 0.234 e. The van der Waals surface area contributed by atoms with Gasteiger partial charge in [0.25, 0.3) is 0 Å². The van der Waals surface area contributed by atoms with Crippen molar-refractivity contribution in [3.63, 3.8) is 0 Å². The van der Waals surface area contributed by atoms with Gasteiger partial charge in [-0.3, -0.25) is 9.69 Å². The molecule has 1 amide bonds. The summed E-state index contributed by atoms with van der Waals surface area (Å²) in [6.07, 6.45) is 0.237. The first kappa shape index (κ1) is 22.0. The molecule has 5 rings (SSSR count). The van der Waals surface area contributed by atoms with E-state index in [-0.39, 0.29) is 18.3 Å². The number of nitrogens with zero attached hydrogens (tertiary/aromatic N) is 4. The summed E-state index contributed by atoms with van der Waals surface area (Å²) < 4.78 is 22.5. The molecule has 7 nitrogen and oxygen atoms in total. The lowest BCUT2D eigenvalue weighted by molar-refractivity contribution is -0.122. The van der Waals surface area contributed by atoms with Crippen molar-refractivity contribution in [2.45, 2.75) is 25.6 Å². The number of fused-ring (bicyclic) bond motifs is 2. The summed E-state index contributed by atoms with van der Waals surface area (Å²) in [5, 5.41) is 11.3. The zero-order valence-electron chi connectivity index (χ0n) is 18.7. The van der Waals surface area contributed by atoms with Gasteiger partial charge in [0.2, 0.25) is 5.91 Å². The van der Waals surface area contributed by atoms with Gasteiger partial charge in [-0.1, -0.05) is 53.7 Å². The fraction of sp³-hybridized carbons (Fsp3) is 0.269. The van der Waals surface area contributed by atoms with Crippen molar-refractivity contribution in [2.75, 3.05) is 19.6 Å². The molecule has 34 heavy (non-hydrogen) atoms. The molecule has 8 heteroatoms. The summed E-state index contributed by atoms with van der Waals surface area (Å²) in [6.45, 7) is 2.37. The third-order valence-corrected chi connectivity index (χ3v) is 5.97. The second-order valence-corrected chi connectivity index (χ2v) is 8.41. The average molecular weight is 460 g/mol. The maximum absolute atomic E-state index is 14.5. The quantitative estimate of drug-likeness (QED) is 0.427. The number of carbonyl (C=O) groups excluding carboxylic acids is 1. The molecule has 1 atom stereocenters. The van der Waals surface area contributed by atoms with Gasteiger partial charge in [0.05, 0.1) is 12.1 Å². The molecule has 174 valence electrons. The van der Waals surface area contributed by atoms with Crippen LogP contribution >= 0.6 is 0 Å². The van der Waals surface area contributed by atoms with Crippen LogP contribution in [0.15, 0.2) is 72.8 Å². The van der Waals surface area contributed by atoms with Crippen LogP contribution in [0.5, 0.6) is 5.75 Å². The van der Waals surface area contributed by atoms with E-state index in [0.29, 0.717) is 31.7 Å². The highest BCUT2D eigenvalue weighted by atomic mass is 19.1. The number of benzene rings is 3. The molecule has 4 aromatic rings. The Morgan fingerprint density at radius 2 is 1.85 bits per heavy atom. The molecule has 1 aliphatic rings. The van der Waals surface area contributed by atoms with E-state index in [1.54, 1.807) is 18.2 Å². The van der Waals surface area contributed by atoms with Gasteiger partial charge in [-0.15, -0.1) is 5.10 Å². The zero-order chi connectivity index (χ0) is 23.3. The Labute approximate surface area is 197 Å². The molecule has 0 fully saturated rings. The predicted molar refractivity (Wildman–Crippen MR) is 127 cm³/mol. The number of para-hydroxylation sites is 2. The van der Waals surface area contributed by atoms with Crippen molar-refractivity contribution in [1.29, 1.82) is 0 Å². The van der Waals surface area contributed by atoms with Crippen molar-refractivity contribution in [2.24, 2.45) is 0 Å². The number of hydrogen-bond acceptors (Lipinski definition) is 5. The van der Waals surface area contributed by atoms with E-state index in [0.717, 1.165) is 28.8 Å². The van der Waals surface area contributed by atoms with Crippen molar-refractivity contribution >= 4 is 16.9 Å². The summed E-state index contributed by atoms with van der Waals surface area (Å²) >= 11 is 0. The van der Waals surface area contributed by atoms with E-state index >= 15 is 0 Å². The Morgan fingerprint density at radius 3 is 2.76 bits per heavy atom. The van der Waals surface area contributed by atoms with Gasteiger partial charge in [-0.2, -0.15) is 0 Å². The number of hydrogen-bond donors (Lipinski definition) is 1. The normalized spacial score (nSPS) is 16.0. The minimum atomic E-state index is -0.502. The Balaban J connectivity index is 1.20. The second kappa shape index (κ2) is 10.0. The van der Waals surface area contributed by atoms with Crippen LogP contribution < -0.4 is 10.1 Å². The fourth-order valence-corrected chi connectivity index (χ4v) is 4.30. The number of rotatable bonds is 7. The number of halogens is 1. The fourth-order valence-electron chi connectivity index (χ4n) is 4.30. The highest BCUT2D eigenvalue weighted by Crippen LogP contribution is 2.31. The lowest BCUT2D eigenvalue weighted by Gasteiger charge is -2.24. The molecule has 1 aromatic heterocycles. The van der Waals surface area contributed by atoms with Gasteiger partial charge in [-0.25, -0.2) is 9.07 Å². The SMILES string of the molecule is O=C(CN1Cc2ccccc2O[C@@H](c2ccccc2F)C1)NCCCn1nnc2ccccc21. The van der Waals surface area contributed by atoms with E-state index in [9.17, 15) is 9.18 Å². The molecule has 1 N–H and O–H groups in total. The molecule has 0 bridgehead atoms. The topological polar surface area (TPSA) is 72.3 Å². The van der Waals surface area contributed by atoms with Crippen LogP contribution in [0.1, 0.15) is 23.7 Å². The van der Waals surface area contributed by atoms with E-state index in [2.05, 4.69) is 15.6 Å². The maximum Gasteiger partial charge on any atom is 0.234 e. The van der Waals surface area contributed by atoms with Crippen molar-refractivity contribution < 1.29 is 13.9 Å². The first-order chi connectivity index (χ1) is 16.7. The third-order valence-electron chi connectivity index (χ3n) is 5.97. The second-order valence-electron chi connectivity index (χ2n) is 8.41. The molecular formula is C26H26FN5O2. The average Bonchev–Trinajstić information content (AvgIpc) is 3.16. The number of nitrogens with one attached hydrogen (secondary N) is 1. The van der Waals surface area contributed by atoms with Crippen LogP contribution in [0.4, 0.5) is 4.39 Å². The van der Waals surface area contributed by atoms with E-state index in [1.807, 2.05) is 58.1 Å². The number of aryl methyl sites for hydroxylation is 1. The number of ether oxygens (including phenoxy) is 1. The van der Waals surface area contributed by atoms with Crippen LogP contribution in [0, 0.1) is 5.82 Å². The van der Waals surface area contributed by atoms with Crippen LogP contribution in [0.25, 0.3) is 11.0 Å². The third kappa shape index (κ3) is 4.92. The summed E-state index contributed by atoms with van der Waals surface area (Å²) in [5.74, 6) is 0.339. The van der Waals surface area contributed by atoms with E-state index in [1.165, 1.54) is 6.07 Å². The molecule has 0 saturated carbocycles. The van der Waals surface area contributed by atoms with Crippen LogP contribution in [-0.4, -0.2) is 45.4 Å². The molecular weight excluding hydrogens is 433 g/mol. The Morgan fingerprint density at radius 1 is 1.06 bits per heavy atom. The van der Waals surface area contributed by atoms with Crippen LogP contribution in [0.2, 0.25) is 0 Å². The van der Waals surface area contributed by atoms with Gasteiger partial charge in [0.15, 0.2) is 0 Å². The Bertz CT molecular complexity index is 1290. The molecule has 0 saturated heterocycles.